The van der Waals surface area contributed by atoms with Gasteiger partial charge in [-0.1, -0.05) is 34.1 Å². The maximum Gasteiger partial charge on any atom is 0.244 e. The van der Waals surface area contributed by atoms with Crippen molar-refractivity contribution in [1.29, 1.82) is 0 Å². The largest absolute Gasteiger partial charge is 0.487 e. The third-order valence-corrected chi connectivity index (χ3v) is 5.28. The average molecular weight is 486 g/mol. The Bertz CT molecular complexity index is 1050. The Morgan fingerprint density at radius 3 is 2.67 bits per heavy atom. The minimum atomic E-state index is -0.370. The molecule has 1 aromatic heterocycles. The minimum absolute atomic E-state index is 0.124. The van der Waals surface area contributed by atoms with Gasteiger partial charge in [-0.3, -0.25) is 9.59 Å². The minimum Gasteiger partial charge on any atom is -0.487 e. The highest BCUT2D eigenvalue weighted by Crippen LogP contribution is 2.21. The Hall–Kier alpha value is -2.97. The van der Waals surface area contributed by atoms with E-state index in [1.165, 1.54) is 6.08 Å². The van der Waals surface area contributed by atoms with Gasteiger partial charge in [-0.05, 0) is 43.3 Å². The van der Waals surface area contributed by atoms with Gasteiger partial charge in [0.05, 0.1) is 17.2 Å². The molecule has 0 aliphatic rings. The number of ether oxygens (including phenoxy) is 1. The number of rotatable bonds is 8. The van der Waals surface area contributed by atoms with Gasteiger partial charge in [-0.15, -0.1) is 11.3 Å². The predicted molar refractivity (Wildman–Crippen MR) is 122 cm³/mol. The Kier molecular flexibility index (Phi) is 7.75. The van der Waals surface area contributed by atoms with Gasteiger partial charge in [-0.25, -0.2) is 4.98 Å². The van der Waals surface area contributed by atoms with Crippen molar-refractivity contribution in [2.24, 2.45) is 0 Å². The van der Waals surface area contributed by atoms with Gasteiger partial charge in [-0.2, -0.15) is 0 Å². The predicted octanol–water partition coefficient (Wildman–Crippen LogP) is 4.56. The van der Waals surface area contributed by atoms with Crippen LogP contribution in [-0.2, 0) is 16.2 Å². The molecule has 0 unspecified atom stereocenters. The lowest BCUT2D eigenvalue weighted by Crippen LogP contribution is -2.31. The molecule has 3 aromatic rings. The standard InChI is InChI=1S/C22H20BrN3O3S/c1-15-25-19(14-30-15)13-29-20-5-3-2-4-16(20)6-11-21(27)24-12-22(28)26-18-9-7-17(23)8-10-18/h2-11,14H,12-13H2,1H3,(H,24,27)(H,26,28)/b11-6+. The highest BCUT2D eigenvalue weighted by Gasteiger charge is 2.06. The van der Waals surface area contributed by atoms with E-state index >= 15 is 0 Å². The van der Waals surface area contributed by atoms with E-state index in [0.717, 1.165) is 20.7 Å². The molecule has 0 saturated heterocycles. The number of nitrogens with one attached hydrogen (secondary N) is 2. The molecule has 0 saturated carbocycles. The van der Waals surface area contributed by atoms with Crippen molar-refractivity contribution in [2.75, 3.05) is 11.9 Å². The zero-order valence-electron chi connectivity index (χ0n) is 16.2. The molecule has 6 nitrogen and oxygen atoms in total. The van der Waals surface area contributed by atoms with Gasteiger partial charge in [0.2, 0.25) is 11.8 Å². The highest BCUT2D eigenvalue weighted by molar-refractivity contribution is 9.10. The fourth-order valence-electron chi connectivity index (χ4n) is 2.51. The number of benzene rings is 2. The summed E-state index contributed by atoms with van der Waals surface area (Å²) in [5, 5.41) is 8.23. The normalized spacial score (nSPS) is 10.7. The van der Waals surface area contributed by atoms with Crippen LogP contribution in [-0.4, -0.2) is 23.3 Å². The van der Waals surface area contributed by atoms with Crippen LogP contribution in [0.3, 0.4) is 0 Å². The molecule has 154 valence electrons. The molecule has 2 amide bonds. The number of amides is 2. The molecule has 0 bridgehead atoms. The monoisotopic (exact) mass is 485 g/mol. The third kappa shape index (κ3) is 6.82. The quantitative estimate of drug-likeness (QED) is 0.458. The summed E-state index contributed by atoms with van der Waals surface area (Å²) >= 11 is 4.91. The Morgan fingerprint density at radius 2 is 1.93 bits per heavy atom. The number of aryl methyl sites for hydroxylation is 1. The molecule has 3 rings (SSSR count). The second kappa shape index (κ2) is 10.7. The van der Waals surface area contributed by atoms with Crippen molar-refractivity contribution in [3.05, 3.63) is 80.7 Å². The lowest BCUT2D eigenvalue weighted by molar-refractivity contribution is -0.121. The summed E-state index contributed by atoms with van der Waals surface area (Å²) in [5.74, 6) is -0.0209. The SMILES string of the molecule is Cc1nc(COc2ccccc2/C=C/C(=O)NCC(=O)Nc2ccc(Br)cc2)cs1. The summed E-state index contributed by atoms with van der Waals surface area (Å²) in [6.07, 6.45) is 3.03. The lowest BCUT2D eigenvalue weighted by atomic mass is 10.2. The van der Waals surface area contributed by atoms with E-state index in [1.54, 1.807) is 29.5 Å². The Labute approximate surface area is 187 Å². The molecule has 2 N–H and O–H groups in total. The number of carbonyl (C=O) groups is 2. The smallest absolute Gasteiger partial charge is 0.244 e. The molecule has 0 atom stereocenters. The van der Waals surface area contributed by atoms with Crippen LogP contribution in [0.25, 0.3) is 6.08 Å². The fourth-order valence-corrected chi connectivity index (χ4v) is 3.37. The zero-order chi connectivity index (χ0) is 21.3. The maximum absolute atomic E-state index is 12.1. The van der Waals surface area contributed by atoms with E-state index in [4.69, 9.17) is 4.74 Å². The van der Waals surface area contributed by atoms with Crippen LogP contribution in [0.15, 0.2) is 64.5 Å². The van der Waals surface area contributed by atoms with E-state index in [1.807, 2.05) is 48.7 Å². The molecule has 0 aliphatic heterocycles. The van der Waals surface area contributed by atoms with Crippen LogP contribution in [0.1, 0.15) is 16.3 Å². The Morgan fingerprint density at radius 1 is 1.17 bits per heavy atom. The number of carbonyl (C=O) groups excluding carboxylic acids is 2. The first-order chi connectivity index (χ1) is 14.5. The number of hydrogen-bond acceptors (Lipinski definition) is 5. The van der Waals surface area contributed by atoms with Crippen LogP contribution in [0.5, 0.6) is 5.75 Å². The van der Waals surface area contributed by atoms with Crippen LogP contribution in [0, 0.1) is 6.92 Å². The van der Waals surface area contributed by atoms with E-state index in [-0.39, 0.29) is 18.4 Å². The summed E-state index contributed by atoms with van der Waals surface area (Å²) in [6, 6.07) is 14.6. The van der Waals surface area contributed by atoms with E-state index in [0.29, 0.717) is 18.0 Å². The van der Waals surface area contributed by atoms with Gasteiger partial charge < -0.3 is 15.4 Å². The van der Waals surface area contributed by atoms with Crippen LogP contribution >= 0.6 is 27.3 Å². The van der Waals surface area contributed by atoms with Gasteiger partial charge in [0.25, 0.3) is 0 Å². The van der Waals surface area contributed by atoms with Crippen LogP contribution < -0.4 is 15.4 Å². The molecule has 0 fully saturated rings. The van der Waals surface area contributed by atoms with Crippen molar-refractivity contribution < 1.29 is 14.3 Å². The number of para-hydroxylation sites is 1. The molecule has 30 heavy (non-hydrogen) atoms. The van der Waals surface area contributed by atoms with Crippen molar-refractivity contribution >= 4 is 50.8 Å². The van der Waals surface area contributed by atoms with E-state index < -0.39 is 0 Å². The highest BCUT2D eigenvalue weighted by atomic mass is 79.9. The van der Waals surface area contributed by atoms with Crippen LogP contribution in [0.2, 0.25) is 0 Å². The van der Waals surface area contributed by atoms with Gasteiger partial charge >= 0.3 is 0 Å². The molecular weight excluding hydrogens is 466 g/mol. The van der Waals surface area contributed by atoms with Gasteiger partial charge in [0.15, 0.2) is 0 Å². The topological polar surface area (TPSA) is 80.3 Å². The zero-order valence-corrected chi connectivity index (χ0v) is 18.6. The van der Waals surface area contributed by atoms with Crippen molar-refractivity contribution in [3.63, 3.8) is 0 Å². The maximum atomic E-state index is 12.1. The number of anilines is 1. The number of nitrogens with zero attached hydrogens (tertiary/aromatic N) is 1. The van der Waals surface area contributed by atoms with Crippen molar-refractivity contribution in [2.45, 2.75) is 13.5 Å². The number of aromatic nitrogens is 1. The van der Waals surface area contributed by atoms with Gasteiger partial charge in [0, 0.05) is 27.2 Å². The summed E-state index contributed by atoms with van der Waals surface area (Å²) in [4.78, 5) is 28.4. The molecule has 2 aromatic carbocycles. The first-order valence-corrected chi connectivity index (χ1v) is 10.8. The molecule has 8 heteroatoms. The summed E-state index contributed by atoms with van der Waals surface area (Å²) < 4.78 is 6.76. The number of thiazole rings is 1. The van der Waals surface area contributed by atoms with E-state index in [2.05, 4.69) is 31.5 Å². The second-order valence-electron chi connectivity index (χ2n) is 6.29. The summed E-state index contributed by atoms with van der Waals surface area (Å²) in [7, 11) is 0. The number of halogens is 1. The summed E-state index contributed by atoms with van der Waals surface area (Å²) in [5.41, 5.74) is 2.29. The number of hydrogen-bond donors (Lipinski definition) is 2. The first-order valence-electron chi connectivity index (χ1n) is 9.14. The fraction of sp³-hybridized carbons (Fsp3) is 0.136. The second-order valence-corrected chi connectivity index (χ2v) is 8.27. The molecule has 0 aliphatic carbocycles. The van der Waals surface area contributed by atoms with Gasteiger partial charge in [0.1, 0.15) is 12.4 Å². The molecular formula is C22H20BrN3O3S. The molecule has 1 heterocycles. The average Bonchev–Trinajstić information content (AvgIpc) is 3.16. The van der Waals surface area contributed by atoms with E-state index in [9.17, 15) is 9.59 Å². The van der Waals surface area contributed by atoms with Crippen molar-refractivity contribution in [1.82, 2.24) is 10.3 Å². The third-order valence-electron chi connectivity index (χ3n) is 3.93. The first kappa shape index (κ1) is 21.7. The molecule has 0 spiro atoms. The van der Waals surface area contributed by atoms with Crippen molar-refractivity contribution in [3.8, 4) is 5.75 Å². The summed E-state index contributed by atoms with van der Waals surface area (Å²) in [6.45, 7) is 2.18. The lowest BCUT2D eigenvalue weighted by Gasteiger charge is -2.08. The van der Waals surface area contributed by atoms with Crippen LogP contribution in [0.4, 0.5) is 5.69 Å². The Balaban J connectivity index is 1.50. The molecule has 0 radical (unpaired) electrons.